The molecule has 1 aromatic heterocycles. The Kier molecular flexibility index (Phi) is 6.79. The topological polar surface area (TPSA) is 106 Å². The lowest BCUT2D eigenvalue weighted by molar-refractivity contribution is 0.0174. The number of halogens is 2. The van der Waals surface area contributed by atoms with E-state index in [9.17, 15) is 22.0 Å². The monoisotopic (exact) mass is 498 g/mol. The van der Waals surface area contributed by atoms with E-state index < -0.39 is 15.8 Å². The Labute approximate surface area is 197 Å². The number of benzene rings is 1. The van der Waals surface area contributed by atoms with Gasteiger partial charge in [-0.3, -0.25) is 0 Å². The molecule has 3 heterocycles. The van der Waals surface area contributed by atoms with E-state index >= 15 is 0 Å². The number of sulfone groups is 1. The first-order chi connectivity index (χ1) is 16.1. The van der Waals surface area contributed by atoms with Gasteiger partial charge in [0.25, 0.3) is 5.92 Å². The highest BCUT2D eigenvalue weighted by atomic mass is 32.2. The molecule has 0 bridgehead atoms. The van der Waals surface area contributed by atoms with Gasteiger partial charge in [-0.25, -0.2) is 22.0 Å². The molecule has 2 unspecified atom stereocenters. The van der Waals surface area contributed by atoms with Crippen molar-refractivity contribution in [3.63, 3.8) is 0 Å². The van der Waals surface area contributed by atoms with Crippen molar-refractivity contribution in [2.24, 2.45) is 0 Å². The van der Waals surface area contributed by atoms with Crippen molar-refractivity contribution in [1.29, 1.82) is 0 Å². The van der Waals surface area contributed by atoms with E-state index in [1.165, 1.54) is 12.1 Å². The molecule has 4 rings (SSSR count). The lowest BCUT2D eigenvalue weighted by Gasteiger charge is -2.40. The lowest BCUT2D eigenvalue weighted by Crippen LogP contribution is -2.53. The summed E-state index contributed by atoms with van der Waals surface area (Å²) < 4.78 is 61.6. The van der Waals surface area contributed by atoms with Gasteiger partial charge in [0.15, 0.2) is 9.84 Å². The average molecular weight is 499 g/mol. The second-order valence-electron chi connectivity index (χ2n) is 8.81. The number of ether oxygens (including phenoxy) is 1. The number of likely N-dealkylation sites (tertiary alicyclic amines) is 1. The summed E-state index contributed by atoms with van der Waals surface area (Å²) in [6, 6.07) is 5.99. The molecule has 186 valence electrons. The predicted molar refractivity (Wildman–Crippen MR) is 119 cm³/mol. The number of piperidine rings is 1. The van der Waals surface area contributed by atoms with Gasteiger partial charge in [-0.05, 0) is 24.1 Å². The van der Waals surface area contributed by atoms with Gasteiger partial charge >= 0.3 is 12.0 Å². The zero-order chi connectivity index (χ0) is 24.5. The van der Waals surface area contributed by atoms with Crippen LogP contribution >= 0.6 is 0 Å². The number of carbonyl (C=O) groups is 1. The third kappa shape index (κ3) is 5.48. The van der Waals surface area contributed by atoms with E-state index in [0.29, 0.717) is 32.0 Å². The third-order valence-corrected chi connectivity index (χ3v) is 7.88. The number of urea groups is 1. The van der Waals surface area contributed by atoms with E-state index in [0.717, 1.165) is 12.5 Å². The number of alkyl halides is 2. The van der Waals surface area contributed by atoms with Crippen molar-refractivity contribution >= 4 is 15.9 Å². The molecular formula is C22H28F2N4O5S. The largest absolute Gasteiger partial charge is 0.462 e. The van der Waals surface area contributed by atoms with Crippen molar-refractivity contribution in [3.05, 3.63) is 41.3 Å². The van der Waals surface area contributed by atoms with Crippen LogP contribution < -0.4 is 4.74 Å². The van der Waals surface area contributed by atoms with Crippen LogP contribution in [0.2, 0.25) is 0 Å². The van der Waals surface area contributed by atoms with Crippen LogP contribution in [-0.4, -0.2) is 78.7 Å². The van der Waals surface area contributed by atoms with Crippen molar-refractivity contribution in [2.45, 2.75) is 38.0 Å². The van der Waals surface area contributed by atoms with E-state index in [1.807, 2.05) is 0 Å². The molecule has 2 atom stereocenters. The lowest BCUT2D eigenvalue weighted by atomic mass is 9.84. The highest BCUT2D eigenvalue weighted by molar-refractivity contribution is 7.91. The van der Waals surface area contributed by atoms with Crippen LogP contribution in [0.1, 0.15) is 49.1 Å². The number of carbonyl (C=O) groups excluding carboxylic acids is 1. The van der Waals surface area contributed by atoms with Crippen LogP contribution in [0.5, 0.6) is 6.01 Å². The normalized spacial score (nSPS) is 23.1. The van der Waals surface area contributed by atoms with Gasteiger partial charge in [0.1, 0.15) is 0 Å². The summed E-state index contributed by atoms with van der Waals surface area (Å²) in [7, 11) is -3.13. The zero-order valence-electron chi connectivity index (χ0n) is 19.1. The first-order valence-electron chi connectivity index (χ1n) is 11.2. The van der Waals surface area contributed by atoms with Gasteiger partial charge in [0.2, 0.25) is 5.89 Å². The Balaban J connectivity index is 1.57. The summed E-state index contributed by atoms with van der Waals surface area (Å²) >= 11 is 0. The Bertz CT molecular complexity index is 1100. The quantitative estimate of drug-likeness (QED) is 0.624. The van der Waals surface area contributed by atoms with E-state index in [-0.39, 0.29) is 54.0 Å². The average Bonchev–Trinajstić information content (AvgIpc) is 3.27. The molecule has 2 aliphatic rings. The Morgan fingerprint density at radius 2 is 1.79 bits per heavy atom. The minimum atomic E-state index is -3.13. The van der Waals surface area contributed by atoms with Gasteiger partial charge in [0.05, 0.1) is 24.0 Å². The van der Waals surface area contributed by atoms with Crippen molar-refractivity contribution in [2.75, 3.05) is 44.3 Å². The smallest absolute Gasteiger partial charge is 0.354 e. The number of amides is 2. The summed E-state index contributed by atoms with van der Waals surface area (Å²) in [6.45, 7) is 4.00. The number of hydrogen-bond donors (Lipinski definition) is 0. The minimum Gasteiger partial charge on any atom is -0.462 e. The number of aromatic nitrogens is 2. The standard InChI is InChI=1S/C22H28F2N4O5S/c1-3-32-20-25-19(33-26-20)17-12-16(15-4-6-18(7-5-15)22(2,23)24)13-28(14-17)21(29)27-8-10-34(30,31)11-9-27/h4-7,16-17H,3,8-14H2,1-2H3. The number of rotatable bonds is 5. The van der Waals surface area contributed by atoms with Crippen LogP contribution in [0, 0.1) is 0 Å². The molecule has 2 amide bonds. The van der Waals surface area contributed by atoms with Gasteiger partial charge in [0, 0.05) is 44.6 Å². The van der Waals surface area contributed by atoms with Crippen molar-refractivity contribution < 1.29 is 31.3 Å². The van der Waals surface area contributed by atoms with Crippen LogP contribution in [0.3, 0.4) is 0 Å². The van der Waals surface area contributed by atoms with Crippen LogP contribution in [0.4, 0.5) is 13.6 Å². The predicted octanol–water partition coefficient (Wildman–Crippen LogP) is 3.00. The maximum absolute atomic E-state index is 13.7. The number of hydrogen-bond acceptors (Lipinski definition) is 7. The molecular weight excluding hydrogens is 470 g/mol. The Morgan fingerprint density at radius 3 is 2.41 bits per heavy atom. The maximum Gasteiger partial charge on any atom is 0.354 e. The summed E-state index contributed by atoms with van der Waals surface area (Å²) in [5, 5.41) is 3.82. The van der Waals surface area contributed by atoms with Crippen molar-refractivity contribution in [3.8, 4) is 6.01 Å². The zero-order valence-corrected chi connectivity index (χ0v) is 19.9. The number of nitrogens with zero attached hydrogens (tertiary/aromatic N) is 4. The minimum absolute atomic E-state index is 0.0620. The van der Waals surface area contributed by atoms with Crippen LogP contribution in [-0.2, 0) is 15.8 Å². The molecule has 2 fully saturated rings. The van der Waals surface area contributed by atoms with E-state index in [1.54, 1.807) is 28.9 Å². The molecule has 2 aliphatic heterocycles. The second kappa shape index (κ2) is 9.47. The molecule has 34 heavy (non-hydrogen) atoms. The molecule has 0 radical (unpaired) electrons. The molecule has 0 N–H and O–H groups in total. The molecule has 9 nitrogen and oxygen atoms in total. The van der Waals surface area contributed by atoms with E-state index in [4.69, 9.17) is 9.26 Å². The highest BCUT2D eigenvalue weighted by Crippen LogP contribution is 2.37. The molecule has 12 heteroatoms. The molecule has 0 spiro atoms. The summed E-state index contributed by atoms with van der Waals surface area (Å²) in [5.41, 5.74) is 0.741. The van der Waals surface area contributed by atoms with Gasteiger partial charge < -0.3 is 19.1 Å². The van der Waals surface area contributed by atoms with Gasteiger partial charge in [-0.15, -0.1) is 0 Å². The Morgan fingerprint density at radius 1 is 1.15 bits per heavy atom. The molecule has 2 aromatic rings. The molecule has 0 aliphatic carbocycles. The summed E-state index contributed by atoms with van der Waals surface area (Å²) in [6.07, 6.45) is 0.577. The van der Waals surface area contributed by atoms with Gasteiger partial charge in [-0.2, -0.15) is 4.98 Å². The Hall–Kier alpha value is -2.76. The first-order valence-corrected chi connectivity index (χ1v) is 13.1. The van der Waals surface area contributed by atoms with Crippen LogP contribution in [0.25, 0.3) is 0 Å². The second-order valence-corrected chi connectivity index (χ2v) is 11.1. The SMILES string of the molecule is CCOc1noc(C2CC(c3ccc(C(C)(F)F)cc3)CN(C(=O)N3CCS(=O)(=O)CC3)C2)n1. The molecule has 1 aromatic carbocycles. The fourth-order valence-electron chi connectivity index (χ4n) is 4.40. The third-order valence-electron chi connectivity index (χ3n) is 6.27. The first kappa shape index (κ1) is 24.4. The molecule has 2 saturated heterocycles. The van der Waals surface area contributed by atoms with E-state index in [2.05, 4.69) is 10.1 Å². The van der Waals surface area contributed by atoms with Crippen molar-refractivity contribution in [1.82, 2.24) is 19.9 Å². The highest BCUT2D eigenvalue weighted by Gasteiger charge is 2.37. The summed E-state index contributed by atoms with van der Waals surface area (Å²) in [5.74, 6) is -3.17. The molecule has 0 saturated carbocycles. The maximum atomic E-state index is 13.7. The fourth-order valence-corrected chi connectivity index (χ4v) is 5.60. The van der Waals surface area contributed by atoms with Gasteiger partial charge in [-0.1, -0.05) is 24.3 Å². The summed E-state index contributed by atoms with van der Waals surface area (Å²) in [4.78, 5) is 20.8. The van der Waals surface area contributed by atoms with Crippen LogP contribution in [0.15, 0.2) is 28.8 Å². The fraction of sp³-hybridized carbons (Fsp3) is 0.591.